The molecule has 0 aromatic carbocycles. The van der Waals surface area contributed by atoms with Crippen LogP contribution < -0.4 is 11.1 Å². The topological polar surface area (TPSA) is 77.3 Å². The third kappa shape index (κ3) is 2.61. The van der Waals surface area contributed by atoms with Gasteiger partial charge in [-0.1, -0.05) is 0 Å². The molecule has 1 aliphatic heterocycles. The summed E-state index contributed by atoms with van der Waals surface area (Å²) in [5.74, 6) is -0.408. The lowest BCUT2D eigenvalue weighted by Crippen LogP contribution is -2.29. The van der Waals surface area contributed by atoms with Gasteiger partial charge in [-0.05, 0) is 44.1 Å². The number of hydrogen-bond donors (Lipinski definition) is 2. The van der Waals surface area contributed by atoms with Gasteiger partial charge >= 0.3 is 0 Å². The summed E-state index contributed by atoms with van der Waals surface area (Å²) >= 11 is 0. The number of piperidine rings is 1. The SMILES string of the molecule is NC(=O)c1ccn2cc(-c3cnn(C4CCNCC4)c3)cc2c1. The van der Waals surface area contributed by atoms with Crippen LogP contribution in [0.5, 0.6) is 0 Å². The molecule has 23 heavy (non-hydrogen) atoms. The number of nitrogens with zero attached hydrogens (tertiary/aromatic N) is 3. The molecule has 6 heteroatoms. The van der Waals surface area contributed by atoms with E-state index in [1.807, 2.05) is 29.1 Å². The van der Waals surface area contributed by atoms with Crippen LogP contribution in [0.2, 0.25) is 0 Å². The smallest absolute Gasteiger partial charge is 0.248 e. The first-order chi connectivity index (χ1) is 11.2. The van der Waals surface area contributed by atoms with E-state index in [0.717, 1.165) is 42.6 Å². The summed E-state index contributed by atoms with van der Waals surface area (Å²) in [6, 6.07) is 6.07. The molecule has 3 aromatic heterocycles. The van der Waals surface area contributed by atoms with Crippen molar-refractivity contribution in [2.45, 2.75) is 18.9 Å². The van der Waals surface area contributed by atoms with Gasteiger partial charge in [0.15, 0.2) is 0 Å². The Morgan fingerprint density at radius 2 is 2.04 bits per heavy atom. The number of rotatable bonds is 3. The molecule has 0 radical (unpaired) electrons. The molecule has 6 nitrogen and oxygen atoms in total. The number of hydrogen-bond acceptors (Lipinski definition) is 3. The molecule has 118 valence electrons. The zero-order valence-corrected chi connectivity index (χ0v) is 12.8. The third-order valence-corrected chi connectivity index (χ3v) is 4.50. The molecule has 3 aromatic rings. The van der Waals surface area contributed by atoms with Crippen LogP contribution in [0, 0.1) is 0 Å². The van der Waals surface area contributed by atoms with E-state index < -0.39 is 5.91 Å². The van der Waals surface area contributed by atoms with E-state index in [2.05, 4.69) is 27.4 Å². The second kappa shape index (κ2) is 5.55. The van der Waals surface area contributed by atoms with Gasteiger partial charge in [0.1, 0.15) is 0 Å². The minimum atomic E-state index is -0.408. The number of nitrogens with one attached hydrogen (secondary N) is 1. The van der Waals surface area contributed by atoms with E-state index in [1.165, 1.54) is 0 Å². The summed E-state index contributed by atoms with van der Waals surface area (Å²) in [7, 11) is 0. The molecular weight excluding hydrogens is 290 g/mol. The summed E-state index contributed by atoms with van der Waals surface area (Å²) in [5.41, 5.74) is 8.99. The molecule has 1 saturated heterocycles. The molecule has 0 bridgehead atoms. The molecule has 0 aliphatic carbocycles. The Morgan fingerprint density at radius 1 is 1.22 bits per heavy atom. The molecule has 4 heterocycles. The highest BCUT2D eigenvalue weighted by molar-refractivity contribution is 5.94. The number of carbonyl (C=O) groups is 1. The predicted octanol–water partition coefficient (Wildman–Crippen LogP) is 1.83. The van der Waals surface area contributed by atoms with Crippen molar-refractivity contribution >= 4 is 11.4 Å². The zero-order valence-electron chi connectivity index (χ0n) is 12.8. The van der Waals surface area contributed by atoms with Crippen LogP contribution in [0.25, 0.3) is 16.6 Å². The molecule has 0 saturated carbocycles. The second-order valence-corrected chi connectivity index (χ2v) is 6.03. The van der Waals surface area contributed by atoms with Crippen LogP contribution in [-0.2, 0) is 0 Å². The van der Waals surface area contributed by atoms with Gasteiger partial charge in [0, 0.05) is 40.8 Å². The first-order valence-corrected chi connectivity index (χ1v) is 7.87. The maximum absolute atomic E-state index is 11.3. The lowest BCUT2D eigenvalue weighted by Gasteiger charge is -2.22. The Balaban J connectivity index is 1.66. The number of aromatic nitrogens is 3. The Hall–Kier alpha value is -2.60. The van der Waals surface area contributed by atoms with Gasteiger partial charge in [0.05, 0.1) is 12.2 Å². The van der Waals surface area contributed by atoms with Gasteiger partial charge in [-0.25, -0.2) is 0 Å². The maximum atomic E-state index is 11.3. The minimum absolute atomic E-state index is 0.408. The third-order valence-electron chi connectivity index (χ3n) is 4.50. The fraction of sp³-hybridized carbons (Fsp3) is 0.294. The summed E-state index contributed by atoms with van der Waals surface area (Å²) in [5, 5.41) is 7.91. The number of nitrogens with two attached hydrogens (primary N) is 1. The quantitative estimate of drug-likeness (QED) is 0.775. The van der Waals surface area contributed by atoms with Crippen LogP contribution in [0.3, 0.4) is 0 Å². The van der Waals surface area contributed by atoms with Crippen molar-refractivity contribution in [2.24, 2.45) is 5.73 Å². The lowest BCUT2D eigenvalue weighted by atomic mass is 10.1. The summed E-state index contributed by atoms with van der Waals surface area (Å²) in [6.07, 6.45) is 10.1. The van der Waals surface area contributed by atoms with Gasteiger partial charge in [-0.2, -0.15) is 5.10 Å². The Labute approximate surface area is 133 Å². The highest BCUT2D eigenvalue weighted by Gasteiger charge is 2.16. The van der Waals surface area contributed by atoms with Crippen molar-refractivity contribution in [3.63, 3.8) is 0 Å². The molecule has 0 unspecified atom stereocenters. The number of pyridine rings is 1. The fourth-order valence-corrected chi connectivity index (χ4v) is 3.18. The normalized spacial score (nSPS) is 16.0. The summed E-state index contributed by atoms with van der Waals surface area (Å²) in [6.45, 7) is 2.09. The van der Waals surface area contributed by atoms with Crippen molar-refractivity contribution in [3.8, 4) is 11.1 Å². The lowest BCUT2D eigenvalue weighted by molar-refractivity contribution is 0.100. The molecule has 0 spiro atoms. The van der Waals surface area contributed by atoms with Gasteiger partial charge < -0.3 is 15.5 Å². The first-order valence-electron chi connectivity index (χ1n) is 7.87. The largest absolute Gasteiger partial charge is 0.366 e. The van der Waals surface area contributed by atoms with E-state index in [0.29, 0.717) is 11.6 Å². The molecule has 3 N–H and O–H groups in total. The van der Waals surface area contributed by atoms with Crippen molar-refractivity contribution in [1.29, 1.82) is 0 Å². The average Bonchev–Trinajstić information content (AvgIpc) is 3.21. The van der Waals surface area contributed by atoms with E-state index in [-0.39, 0.29) is 0 Å². The molecule has 1 amide bonds. The minimum Gasteiger partial charge on any atom is -0.366 e. The molecular formula is C17H19N5O. The number of fused-ring (bicyclic) bond motifs is 1. The first kappa shape index (κ1) is 14.0. The standard InChI is InChI=1S/C17H19N5O/c18-17(23)12-3-6-21-10-13(8-16(21)7-12)14-9-20-22(11-14)15-1-4-19-5-2-15/h3,6-11,15,19H,1-2,4-5H2,(H2,18,23). The van der Waals surface area contributed by atoms with Crippen molar-refractivity contribution in [3.05, 3.63) is 48.5 Å². The molecule has 4 rings (SSSR count). The monoisotopic (exact) mass is 309 g/mol. The molecule has 1 fully saturated rings. The van der Waals surface area contributed by atoms with Crippen LogP contribution >= 0.6 is 0 Å². The number of amides is 1. The molecule has 0 atom stereocenters. The number of primary amides is 1. The van der Waals surface area contributed by atoms with Gasteiger partial charge in [-0.15, -0.1) is 0 Å². The molecule has 1 aliphatic rings. The highest BCUT2D eigenvalue weighted by atomic mass is 16.1. The van der Waals surface area contributed by atoms with Crippen LogP contribution in [0.15, 0.2) is 43.0 Å². The van der Waals surface area contributed by atoms with Gasteiger partial charge in [0.25, 0.3) is 0 Å². The van der Waals surface area contributed by atoms with E-state index in [4.69, 9.17) is 5.73 Å². The zero-order chi connectivity index (χ0) is 15.8. The Morgan fingerprint density at radius 3 is 2.83 bits per heavy atom. The predicted molar refractivity (Wildman–Crippen MR) is 88.3 cm³/mol. The maximum Gasteiger partial charge on any atom is 0.248 e. The van der Waals surface area contributed by atoms with Crippen LogP contribution in [0.1, 0.15) is 29.2 Å². The van der Waals surface area contributed by atoms with E-state index in [9.17, 15) is 4.79 Å². The van der Waals surface area contributed by atoms with Crippen LogP contribution in [0.4, 0.5) is 0 Å². The average molecular weight is 309 g/mol. The Bertz CT molecular complexity index is 857. The highest BCUT2D eigenvalue weighted by Crippen LogP contribution is 2.25. The van der Waals surface area contributed by atoms with Crippen molar-refractivity contribution in [1.82, 2.24) is 19.5 Å². The Kier molecular flexibility index (Phi) is 3.38. The van der Waals surface area contributed by atoms with E-state index in [1.54, 1.807) is 6.07 Å². The van der Waals surface area contributed by atoms with Gasteiger partial charge in [0.2, 0.25) is 5.91 Å². The van der Waals surface area contributed by atoms with Crippen LogP contribution in [-0.4, -0.2) is 33.2 Å². The second-order valence-electron chi connectivity index (χ2n) is 6.03. The fourth-order valence-electron chi connectivity index (χ4n) is 3.18. The van der Waals surface area contributed by atoms with Crippen molar-refractivity contribution < 1.29 is 4.79 Å². The summed E-state index contributed by atoms with van der Waals surface area (Å²) in [4.78, 5) is 11.3. The van der Waals surface area contributed by atoms with E-state index >= 15 is 0 Å². The number of carbonyl (C=O) groups excluding carboxylic acids is 1. The van der Waals surface area contributed by atoms with Gasteiger partial charge in [-0.3, -0.25) is 9.48 Å². The van der Waals surface area contributed by atoms with Crippen molar-refractivity contribution in [2.75, 3.05) is 13.1 Å². The summed E-state index contributed by atoms with van der Waals surface area (Å²) < 4.78 is 4.07.